The lowest BCUT2D eigenvalue weighted by atomic mass is 9.77. The van der Waals surface area contributed by atoms with Crippen molar-refractivity contribution in [2.45, 2.75) is 45.1 Å². The summed E-state index contributed by atoms with van der Waals surface area (Å²) in [7, 11) is 0. The van der Waals surface area contributed by atoms with Crippen molar-refractivity contribution in [2.75, 3.05) is 6.54 Å². The zero-order valence-corrected chi connectivity index (χ0v) is 10.3. The fraction of sp³-hybridized carbons (Fsp3) is 0.571. The first-order valence-corrected chi connectivity index (χ1v) is 6.12. The molecule has 0 aliphatic heterocycles. The summed E-state index contributed by atoms with van der Waals surface area (Å²) in [5.74, 6) is 0.997. The Morgan fingerprint density at radius 1 is 1.25 bits per heavy atom. The van der Waals surface area contributed by atoms with Crippen LogP contribution < -0.4 is 10.5 Å². The van der Waals surface area contributed by atoms with Crippen LogP contribution in [0.1, 0.15) is 36.8 Å². The van der Waals surface area contributed by atoms with Crippen LogP contribution in [-0.2, 0) is 0 Å². The maximum Gasteiger partial charge on any atom is 0.120 e. The van der Waals surface area contributed by atoms with Crippen LogP contribution in [0, 0.1) is 13.8 Å². The highest BCUT2D eigenvalue weighted by Crippen LogP contribution is 2.39. The maximum atomic E-state index is 6.13. The van der Waals surface area contributed by atoms with E-state index >= 15 is 0 Å². The molecule has 0 unspecified atom stereocenters. The molecule has 2 N–H and O–H groups in total. The largest absolute Gasteiger partial charge is 0.487 e. The SMILES string of the molecule is Cc1ccc(OC2(CCN)CCC2)cc1C. The Balaban J connectivity index is 2.10. The van der Waals surface area contributed by atoms with Crippen molar-refractivity contribution < 1.29 is 4.74 Å². The van der Waals surface area contributed by atoms with Crippen molar-refractivity contribution in [3.8, 4) is 5.75 Å². The summed E-state index contributed by atoms with van der Waals surface area (Å²) in [6.45, 7) is 4.96. The summed E-state index contributed by atoms with van der Waals surface area (Å²) < 4.78 is 6.13. The van der Waals surface area contributed by atoms with Crippen molar-refractivity contribution in [3.63, 3.8) is 0 Å². The Kier molecular flexibility index (Phi) is 3.20. The molecule has 1 aromatic carbocycles. The van der Waals surface area contributed by atoms with Crippen molar-refractivity contribution in [1.82, 2.24) is 0 Å². The Labute approximate surface area is 97.8 Å². The van der Waals surface area contributed by atoms with Crippen molar-refractivity contribution >= 4 is 0 Å². The topological polar surface area (TPSA) is 35.2 Å². The highest BCUT2D eigenvalue weighted by Gasteiger charge is 2.38. The van der Waals surface area contributed by atoms with Gasteiger partial charge in [0.05, 0.1) is 0 Å². The molecule has 0 atom stereocenters. The van der Waals surface area contributed by atoms with E-state index < -0.39 is 0 Å². The monoisotopic (exact) mass is 219 g/mol. The second-order valence-corrected chi connectivity index (χ2v) is 4.92. The minimum atomic E-state index is 0.0381. The third kappa shape index (κ3) is 2.22. The number of nitrogens with two attached hydrogens (primary N) is 1. The van der Waals surface area contributed by atoms with E-state index in [0.717, 1.165) is 25.0 Å². The van der Waals surface area contributed by atoms with Gasteiger partial charge in [0.2, 0.25) is 0 Å². The maximum absolute atomic E-state index is 6.13. The van der Waals surface area contributed by atoms with E-state index in [0.29, 0.717) is 6.54 Å². The van der Waals surface area contributed by atoms with Gasteiger partial charge in [-0.05, 0) is 69.3 Å². The van der Waals surface area contributed by atoms with E-state index in [1.165, 1.54) is 17.5 Å². The molecule has 1 saturated carbocycles. The Hall–Kier alpha value is -1.02. The first kappa shape index (κ1) is 11.5. The zero-order valence-electron chi connectivity index (χ0n) is 10.3. The van der Waals surface area contributed by atoms with Crippen LogP contribution in [0.25, 0.3) is 0 Å². The zero-order chi connectivity index (χ0) is 11.6. The Morgan fingerprint density at radius 2 is 2.00 bits per heavy atom. The minimum absolute atomic E-state index is 0.0381. The predicted octanol–water partition coefficient (Wildman–Crippen LogP) is 2.95. The molecule has 1 aliphatic carbocycles. The van der Waals surface area contributed by atoms with E-state index in [9.17, 15) is 0 Å². The number of hydrogen-bond donors (Lipinski definition) is 1. The van der Waals surface area contributed by atoms with Gasteiger partial charge in [-0.25, -0.2) is 0 Å². The molecule has 2 nitrogen and oxygen atoms in total. The quantitative estimate of drug-likeness (QED) is 0.845. The summed E-state index contributed by atoms with van der Waals surface area (Å²) in [6.07, 6.45) is 4.54. The molecule has 0 radical (unpaired) electrons. The van der Waals surface area contributed by atoms with Crippen LogP contribution in [0.15, 0.2) is 18.2 Å². The second kappa shape index (κ2) is 4.46. The van der Waals surface area contributed by atoms with Gasteiger partial charge in [0.25, 0.3) is 0 Å². The van der Waals surface area contributed by atoms with Crippen LogP contribution in [0.4, 0.5) is 0 Å². The molecule has 0 bridgehead atoms. The fourth-order valence-corrected chi connectivity index (χ4v) is 2.26. The van der Waals surface area contributed by atoms with Crippen LogP contribution in [-0.4, -0.2) is 12.1 Å². The highest BCUT2D eigenvalue weighted by molar-refractivity contribution is 5.34. The smallest absolute Gasteiger partial charge is 0.120 e. The third-order valence-electron chi connectivity index (χ3n) is 3.68. The van der Waals surface area contributed by atoms with Crippen LogP contribution in [0.3, 0.4) is 0 Å². The van der Waals surface area contributed by atoms with Gasteiger partial charge in [0, 0.05) is 0 Å². The molecule has 2 heteroatoms. The van der Waals surface area contributed by atoms with E-state index in [4.69, 9.17) is 10.5 Å². The van der Waals surface area contributed by atoms with Gasteiger partial charge < -0.3 is 10.5 Å². The third-order valence-corrected chi connectivity index (χ3v) is 3.68. The van der Waals surface area contributed by atoms with Crippen molar-refractivity contribution in [1.29, 1.82) is 0 Å². The molecule has 0 saturated heterocycles. The Morgan fingerprint density at radius 3 is 2.50 bits per heavy atom. The molecule has 0 amide bonds. The van der Waals surface area contributed by atoms with Gasteiger partial charge in [0.1, 0.15) is 11.4 Å². The standard InChI is InChI=1S/C14H21NO/c1-11-4-5-13(10-12(11)2)16-14(8-9-15)6-3-7-14/h4-5,10H,3,6-9,15H2,1-2H3. The second-order valence-electron chi connectivity index (χ2n) is 4.92. The molecule has 0 heterocycles. The summed E-state index contributed by atoms with van der Waals surface area (Å²) in [5, 5.41) is 0. The summed E-state index contributed by atoms with van der Waals surface area (Å²) in [5.41, 5.74) is 8.30. The van der Waals surface area contributed by atoms with Crippen molar-refractivity contribution in [3.05, 3.63) is 29.3 Å². The van der Waals surface area contributed by atoms with Gasteiger partial charge >= 0.3 is 0 Å². The molecule has 1 aromatic rings. The van der Waals surface area contributed by atoms with Gasteiger partial charge in [-0.1, -0.05) is 6.07 Å². The number of hydrogen-bond acceptors (Lipinski definition) is 2. The summed E-state index contributed by atoms with van der Waals surface area (Å²) in [6, 6.07) is 6.32. The van der Waals surface area contributed by atoms with E-state index in [1.807, 2.05) is 0 Å². The summed E-state index contributed by atoms with van der Waals surface area (Å²) in [4.78, 5) is 0. The molecule has 16 heavy (non-hydrogen) atoms. The molecule has 0 aromatic heterocycles. The van der Waals surface area contributed by atoms with Gasteiger partial charge in [-0.3, -0.25) is 0 Å². The Bertz CT molecular complexity index is 369. The van der Waals surface area contributed by atoms with Crippen LogP contribution in [0.5, 0.6) is 5.75 Å². The minimum Gasteiger partial charge on any atom is -0.487 e. The van der Waals surface area contributed by atoms with Gasteiger partial charge in [-0.2, -0.15) is 0 Å². The molecular weight excluding hydrogens is 198 g/mol. The van der Waals surface area contributed by atoms with Crippen LogP contribution >= 0.6 is 0 Å². The molecule has 1 fully saturated rings. The summed E-state index contributed by atoms with van der Waals surface area (Å²) >= 11 is 0. The first-order valence-electron chi connectivity index (χ1n) is 6.12. The van der Waals surface area contributed by atoms with E-state index in [1.54, 1.807) is 0 Å². The average molecular weight is 219 g/mol. The normalized spacial score (nSPS) is 17.9. The molecule has 88 valence electrons. The number of ether oxygens (including phenoxy) is 1. The molecule has 0 spiro atoms. The molecule has 1 aliphatic rings. The fourth-order valence-electron chi connectivity index (χ4n) is 2.26. The van der Waals surface area contributed by atoms with E-state index in [2.05, 4.69) is 32.0 Å². The number of aryl methyl sites for hydroxylation is 2. The molecular formula is C14H21NO. The predicted molar refractivity (Wildman–Crippen MR) is 66.8 cm³/mol. The lowest BCUT2D eigenvalue weighted by Gasteiger charge is -2.42. The van der Waals surface area contributed by atoms with Gasteiger partial charge in [-0.15, -0.1) is 0 Å². The van der Waals surface area contributed by atoms with E-state index in [-0.39, 0.29) is 5.60 Å². The number of benzene rings is 1. The first-order chi connectivity index (χ1) is 7.65. The van der Waals surface area contributed by atoms with Crippen molar-refractivity contribution in [2.24, 2.45) is 5.73 Å². The highest BCUT2D eigenvalue weighted by atomic mass is 16.5. The van der Waals surface area contributed by atoms with Crippen LogP contribution in [0.2, 0.25) is 0 Å². The average Bonchev–Trinajstić information content (AvgIpc) is 2.20. The molecule has 2 rings (SSSR count). The number of rotatable bonds is 4. The van der Waals surface area contributed by atoms with Gasteiger partial charge in [0.15, 0.2) is 0 Å². The lowest BCUT2D eigenvalue weighted by Crippen LogP contribution is -2.44. The lowest BCUT2D eigenvalue weighted by molar-refractivity contribution is -0.0125.